The van der Waals surface area contributed by atoms with E-state index in [4.69, 9.17) is 4.74 Å². The molecule has 0 aliphatic rings. The molecule has 0 bridgehead atoms. The van der Waals surface area contributed by atoms with Gasteiger partial charge in [-0.05, 0) is 24.6 Å². The van der Waals surface area contributed by atoms with Gasteiger partial charge in [0.15, 0.2) is 5.75 Å². The average molecular weight is 186 g/mol. The van der Waals surface area contributed by atoms with Crippen LogP contribution in [-0.2, 0) is 0 Å². The van der Waals surface area contributed by atoms with Crippen LogP contribution in [-0.4, -0.2) is 9.97 Å². The molecule has 0 aliphatic heterocycles. The standard InChI is InChI=1S/C11H10N2O/c1-9-3-2-4-10(5-9)14-11-6-12-8-13-7-11/h2-8H,1H3. The lowest BCUT2D eigenvalue weighted by molar-refractivity contribution is 0.477. The van der Waals surface area contributed by atoms with Crippen LogP contribution in [0.15, 0.2) is 43.0 Å². The van der Waals surface area contributed by atoms with Gasteiger partial charge in [0, 0.05) is 0 Å². The third kappa shape index (κ3) is 2.07. The summed E-state index contributed by atoms with van der Waals surface area (Å²) >= 11 is 0. The van der Waals surface area contributed by atoms with Crippen LogP contribution in [0.4, 0.5) is 0 Å². The molecule has 0 saturated heterocycles. The van der Waals surface area contributed by atoms with Crippen molar-refractivity contribution < 1.29 is 4.74 Å². The van der Waals surface area contributed by atoms with Crippen LogP contribution in [0.2, 0.25) is 0 Å². The van der Waals surface area contributed by atoms with Gasteiger partial charge >= 0.3 is 0 Å². The van der Waals surface area contributed by atoms with Gasteiger partial charge in [0.25, 0.3) is 0 Å². The molecular formula is C11H10N2O. The highest BCUT2D eigenvalue weighted by atomic mass is 16.5. The van der Waals surface area contributed by atoms with Crippen molar-refractivity contribution in [3.63, 3.8) is 0 Å². The molecule has 1 aromatic carbocycles. The van der Waals surface area contributed by atoms with Gasteiger partial charge in [0.2, 0.25) is 0 Å². The van der Waals surface area contributed by atoms with Crippen molar-refractivity contribution in [1.82, 2.24) is 9.97 Å². The van der Waals surface area contributed by atoms with E-state index >= 15 is 0 Å². The molecule has 0 unspecified atom stereocenters. The molecule has 0 amide bonds. The second-order valence-corrected chi connectivity index (χ2v) is 2.99. The van der Waals surface area contributed by atoms with Gasteiger partial charge in [0.05, 0.1) is 12.4 Å². The van der Waals surface area contributed by atoms with Crippen LogP contribution in [0.1, 0.15) is 5.56 Å². The van der Waals surface area contributed by atoms with Crippen LogP contribution >= 0.6 is 0 Å². The number of benzene rings is 1. The molecule has 1 aromatic heterocycles. The van der Waals surface area contributed by atoms with E-state index in [1.807, 2.05) is 31.2 Å². The number of hydrogen-bond donors (Lipinski definition) is 0. The Balaban J connectivity index is 2.19. The Morgan fingerprint density at radius 1 is 1.07 bits per heavy atom. The average Bonchev–Trinajstić information content (AvgIpc) is 2.19. The SMILES string of the molecule is Cc1cccc(Oc2cncnc2)c1. The first kappa shape index (κ1) is 8.69. The van der Waals surface area contributed by atoms with E-state index < -0.39 is 0 Å². The van der Waals surface area contributed by atoms with Gasteiger partial charge < -0.3 is 4.74 Å². The maximum atomic E-state index is 5.53. The monoisotopic (exact) mass is 186 g/mol. The smallest absolute Gasteiger partial charge is 0.163 e. The second kappa shape index (κ2) is 3.87. The predicted octanol–water partition coefficient (Wildman–Crippen LogP) is 2.58. The summed E-state index contributed by atoms with van der Waals surface area (Å²) in [5.41, 5.74) is 1.17. The van der Waals surface area contributed by atoms with Gasteiger partial charge in [-0.3, -0.25) is 0 Å². The topological polar surface area (TPSA) is 35.0 Å². The molecule has 14 heavy (non-hydrogen) atoms. The molecule has 0 saturated carbocycles. The van der Waals surface area contributed by atoms with Crippen molar-refractivity contribution in [1.29, 1.82) is 0 Å². The van der Waals surface area contributed by atoms with Gasteiger partial charge in [-0.2, -0.15) is 0 Å². The predicted molar refractivity (Wildman–Crippen MR) is 53.3 cm³/mol. The van der Waals surface area contributed by atoms with Crippen molar-refractivity contribution in [3.05, 3.63) is 48.5 Å². The molecule has 0 N–H and O–H groups in total. The number of rotatable bonds is 2. The lowest BCUT2D eigenvalue weighted by Crippen LogP contribution is -1.86. The first-order chi connectivity index (χ1) is 6.84. The Morgan fingerprint density at radius 3 is 2.57 bits per heavy atom. The van der Waals surface area contributed by atoms with E-state index in [1.165, 1.54) is 11.9 Å². The summed E-state index contributed by atoms with van der Waals surface area (Å²) in [5.74, 6) is 1.46. The maximum Gasteiger partial charge on any atom is 0.163 e. The number of hydrogen-bond acceptors (Lipinski definition) is 3. The van der Waals surface area contributed by atoms with Crippen LogP contribution in [0, 0.1) is 6.92 Å². The Kier molecular flexibility index (Phi) is 2.40. The second-order valence-electron chi connectivity index (χ2n) is 2.99. The van der Waals surface area contributed by atoms with Gasteiger partial charge in [-0.15, -0.1) is 0 Å². The molecule has 0 atom stereocenters. The normalized spacial score (nSPS) is 9.79. The zero-order chi connectivity index (χ0) is 9.80. The van der Waals surface area contributed by atoms with Gasteiger partial charge in [0.1, 0.15) is 12.1 Å². The van der Waals surface area contributed by atoms with E-state index in [9.17, 15) is 0 Å². The van der Waals surface area contributed by atoms with E-state index in [-0.39, 0.29) is 0 Å². The van der Waals surface area contributed by atoms with E-state index in [0.29, 0.717) is 5.75 Å². The fourth-order valence-electron chi connectivity index (χ4n) is 1.15. The summed E-state index contributed by atoms with van der Waals surface area (Å²) in [6.07, 6.45) is 4.74. The third-order valence-corrected chi connectivity index (χ3v) is 1.76. The minimum atomic E-state index is 0.651. The van der Waals surface area contributed by atoms with E-state index in [0.717, 1.165) is 5.75 Å². The molecule has 2 rings (SSSR count). The molecule has 70 valence electrons. The summed E-state index contributed by atoms with van der Waals surface area (Å²) in [6.45, 7) is 2.02. The molecular weight excluding hydrogens is 176 g/mol. The minimum absolute atomic E-state index is 0.651. The maximum absolute atomic E-state index is 5.53. The van der Waals surface area contributed by atoms with Crippen molar-refractivity contribution in [2.75, 3.05) is 0 Å². The molecule has 1 heterocycles. The van der Waals surface area contributed by atoms with Crippen molar-refractivity contribution in [3.8, 4) is 11.5 Å². The highest BCUT2D eigenvalue weighted by Gasteiger charge is 1.96. The first-order valence-electron chi connectivity index (χ1n) is 4.34. The van der Waals surface area contributed by atoms with Crippen LogP contribution < -0.4 is 4.74 Å². The largest absolute Gasteiger partial charge is 0.454 e. The fourth-order valence-corrected chi connectivity index (χ4v) is 1.15. The molecule has 3 heteroatoms. The number of ether oxygens (including phenoxy) is 1. The summed E-state index contributed by atoms with van der Waals surface area (Å²) < 4.78 is 5.53. The Morgan fingerprint density at radius 2 is 1.86 bits per heavy atom. The van der Waals surface area contributed by atoms with Gasteiger partial charge in [-0.1, -0.05) is 12.1 Å². The summed E-state index contributed by atoms with van der Waals surface area (Å²) in [4.78, 5) is 7.73. The molecule has 0 spiro atoms. The number of aryl methyl sites for hydroxylation is 1. The zero-order valence-corrected chi connectivity index (χ0v) is 7.84. The number of aromatic nitrogens is 2. The number of nitrogens with zero attached hydrogens (tertiary/aromatic N) is 2. The van der Waals surface area contributed by atoms with Crippen molar-refractivity contribution >= 4 is 0 Å². The van der Waals surface area contributed by atoms with Crippen LogP contribution in [0.5, 0.6) is 11.5 Å². The third-order valence-electron chi connectivity index (χ3n) is 1.76. The highest BCUT2D eigenvalue weighted by molar-refractivity contribution is 5.31. The molecule has 0 fully saturated rings. The Bertz CT molecular complexity index is 415. The van der Waals surface area contributed by atoms with Gasteiger partial charge in [-0.25, -0.2) is 9.97 Å². The van der Waals surface area contributed by atoms with Crippen molar-refractivity contribution in [2.45, 2.75) is 6.92 Å². The minimum Gasteiger partial charge on any atom is -0.454 e. The fraction of sp³-hybridized carbons (Fsp3) is 0.0909. The molecule has 2 aromatic rings. The summed E-state index contributed by atoms with van der Waals surface area (Å²) in [5, 5.41) is 0. The first-order valence-corrected chi connectivity index (χ1v) is 4.34. The van der Waals surface area contributed by atoms with Crippen LogP contribution in [0.3, 0.4) is 0 Å². The lowest BCUT2D eigenvalue weighted by atomic mass is 10.2. The van der Waals surface area contributed by atoms with Crippen LogP contribution in [0.25, 0.3) is 0 Å². The zero-order valence-electron chi connectivity index (χ0n) is 7.84. The Labute approximate surface area is 82.4 Å². The molecule has 0 aliphatic carbocycles. The summed E-state index contributed by atoms with van der Waals surface area (Å²) in [6, 6.07) is 7.84. The van der Waals surface area contributed by atoms with E-state index in [1.54, 1.807) is 12.4 Å². The Hall–Kier alpha value is -1.90. The molecule has 3 nitrogen and oxygen atoms in total. The van der Waals surface area contributed by atoms with Crippen molar-refractivity contribution in [2.24, 2.45) is 0 Å². The molecule has 0 radical (unpaired) electrons. The summed E-state index contributed by atoms with van der Waals surface area (Å²) in [7, 11) is 0. The quantitative estimate of drug-likeness (QED) is 0.723. The highest BCUT2D eigenvalue weighted by Crippen LogP contribution is 2.19. The van der Waals surface area contributed by atoms with E-state index in [2.05, 4.69) is 9.97 Å². The lowest BCUT2D eigenvalue weighted by Gasteiger charge is -2.04.